The van der Waals surface area contributed by atoms with Gasteiger partial charge in [-0.3, -0.25) is 0 Å². The number of aliphatic carboxylic acids is 1. The second-order valence-corrected chi connectivity index (χ2v) is 3.89. The molecule has 0 unspecified atom stereocenters. The van der Waals surface area contributed by atoms with Crippen LogP contribution in [0.15, 0.2) is 42.1 Å². The molecule has 6 heteroatoms. The summed E-state index contributed by atoms with van der Waals surface area (Å²) in [4.78, 5) is 22.4. The van der Waals surface area contributed by atoms with Gasteiger partial charge in [-0.1, -0.05) is 30.3 Å². The molecule has 0 saturated carbocycles. The Labute approximate surface area is 160 Å². The topological polar surface area (TPSA) is 78.5 Å². The van der Waals surface area contributed by atoms with Gasteiger partial charge in [0.05, 0.1) is 18.6 Å². The Bertz CT molecular complexity index is 473. The van der Waals surface area contributed by atoms with Gasteiger partial charge in [0.15, 0.2) is 0 Å². The fourth-order valence-corrected chi connectivity index (χ4v) is 1.55. The van der Waals surface area contributed by atoms with Crippen LogP contribution in [0, 0.1) is 0 Å². The van der Waals surface area contributed by atoms with Gasteiger partial charge in [0.25, 0.3) is 0 Å². The summed E-state index contributed by atoms with van der Waals surface area (Å²) in [6.07, 6.45) is 1.21. The molecule has 0 saturated heterocycles. The van der Waals surface area contributed by atoms with Gasteiger partial charge in [-0.05, 0) is 19.4 Å². The minimum absolute atomic E-state index is 0. The Balaban J connectivity index is 0.00000361. The zero-order valence-corrected chi connectivity index (χ0v) is 15.0. The van der Waals surface area contributed by atoms with E-state index in [9.17, 15) is 14.7 Å². The van der Waals surface area contributed by atoms with Crippen molar-refractivity contribution in [1.82, 2.24) is 5.32 Å². The van der Waals surface area contributed by atoms with Crippen LogP contribution in [0.1, 0.15) is 25.5 Å². The van der Waals surface area contributed by atoms with E-state index in [2.05, 4.69) is 5.32 Å². The third-order valence-electron chi connectivity index (χ3n) is 2.36. The predicted molar refractivity (Wildman–Crippen MR) is 67.7 cm³/mol. The Morgan fingerprint density at radius 1 is 1.35 bits per heavy atom. The molecule has 0 radical (unpaired) electrons. The molecule has 0 spiro atoms. The number of carboxylic acids is 1. The largest absolute Gasteiger partial charge is 1.00 e. The van der Waals surface area contributed by atoms with Crippen molar-refractivity contribution in [3.8, 4) is 0 Å². The van der Waals surface area contributed by atoms with Gasteiger partial charge in [0.1, 0.15) is 0 Å². The van der Waals surface area contributed by atoms with Crippen molar-refractivity contribution in [2.45, 2.75) is 19.9 Å². The quantitative estimate of drug-likeness (QED) is 0.358. The third kappa shape index (κ3) is 6.67. The van der Waals surface area contributed by atoms with Crippen molar-refractivity contribution in [3.63, 3.8) is 0 Å². The number of ether oxygens (including phenoxy) is 1. The maximum Gasteiger partial charge on any atom is 1.00 e. The summed E-state index contributed by atoms with van der Waals surface area (Å²) in [6, 6.07) is 7.59. The number of carboxylic acid groups (broad SMARTS) is 1. The fourth-order valence-electron chi connectivity index (χ4n) is 1.55. The number of esters is 1. The average Bonchev–Trinajstić information content (AvgIpc) is 2.37. The van der Waals surface area contributed by atoms with Gasteiger partial charge in [-0.2, -0.15) is 0 Å². The van der Waals surface area contributed by atoms with Crippen LogP contribution in [0.5, 0.6) is 0 Å². The van der Waals surface area contributed by atoms with Crippen LogP contribution in [0.4, 0.5) is 0 Å². The van der Waals surface area contributed by atoms with Crippen LogP contribution in [0.25, 0.3) is 0 Å². The van der Waals surface area contributed by atoms with Crippen LogP contribution in [-0.2, 0) is 14.3 Å². The maximum atomic E-state index is 11.2. The first kappa shape index (κ1) is 19.3. The Morgan fingerprint density at radius 2 is 1.95 bits per heavy atom. The second-order valence-electron chi connectivity index (χ2n) is 3.89. The molecule has 0 fully saturated rings. The summed E-state index contributed by atoms with van der Waals surface area (Å²) < 4.78 is 4.74. The number of hydrogen-bond donors (Lipinski definition) is 1. The molecule has 0 aliphatic carbocycles. The van der Waals surface area contributed by atoms with Crippen LogP contribution in [0.3, 0.4) is 0 Å². The third-order valence-corrected chi connectivity index (χ3v) is 2.36. The maximum absolute atomic E-state index is 11.2. The van der Waals surface area contributed by atoms with Crippen molar-refractivity contribution < 1.29 is 70.8 Å². The van der Waals surface area contributed by atoms with E-state index in [0.717, 1.165) is 0 Å². The van der Waals surface area contributed by atoms with Crippen molar-refractivity contribution in [3.05, 3.63) is 47.7 Å². The van der Waals surface area contributed by atoms with E-state index in [1.54, 1.807) is 44.2 Å². The minimum atomic E-state index is -1.26. The van der Waals surface area contributed by atoms with Crippen molar-refractivity contribution in [2.24, 2.45) is 0 Å². The zero-order chi connectivity index (χ0) is 14.3. The van der Waals surface area contributed by atoms with E-state index in [-0.39, 0.29) is 58.0 Å². The van der Waals surface area contributed by atoms with Crippen LogP contribution < -0.4 is 61.8 Å². The molecule has 1 atom stereocenters. The Morgan fingerprint density at radius 3 is 2.45 bits per heavy atom. The standard InChI is InChI=1S/C14H17NO4.K/c1-3-19-12(16)9-10(2)15-13(14(17)18)11-7-5-4-6-8-11;/h4-9,13,15H,3H2,1-2H3,(H,17,18);/q;+1/p-1/b10-9-;/t13-;/m0./s1. The van der Waals surface area contributed by atoms with Crippen molar-refractivity contribution in [2.75, 3.05) is 6.61 Å². The number of hydrogen-bond acceptors (Lipinski definition) is 5. The molecule has 0 aromatic heterocycles. The number of carbonyl (C=O) groups is 2. The molecule has 20 heavy (non-hydrogen) atoms. The van der Waals surface area contributed by atoms with Gasteiger partial charge >= 0.3 is 57.4 Å². The van der Waals surface area contributed by atoms with Gasteiger partial charge in [0, 0.05) is 11.8 Å². The van der Waals surface area contributed by atoms with E-state index in [1.165, 1.54) is 6.08 Å². The molecular weight excluding hydrogens is 285 g/mol. The van der Waals surface area contributed by atoms with Crippen LogP contribution in [0.2, 0.25) is 0 Å². The number of carbonyl (C=O) groups excluding carboxylic acids is 2. The SMILES string of the molecule is CCOC(=O)/C=C(/C)N[C@H](C(=O)[O-])c1ccccc1.[K+]. The first-order chi connectivity index (χ1) is 9.04. The molecule has 1 aromatic rings. The minimum Gasteiger partial charge on any atom is -0.548 e. The van der Waals surface area contributed by atoms with Gasteiger partial charge in [0.2, 0.25) is 0 Å². The molecule has 1 aromatic carbocycles. The summed E-state index contributed by atoms with van der Waals surface area (Å²) in [5, 5.41) is 13.9. The van der Waals surface area contributed by atoms with Gasteiger partial charge in [-0.25, -0.2) is 4.79 Å². The summed E-state index contributed by atoms with van der Waals surface area (Å²) in [5.74, 6) is -1.78. The van der Waals surface area contributed by atoms with E-state index >= 15 is 0 Å². The summed E-state index contributed by atoms with van der Waals surface area (Å²) in [7, 11) is 0. The van der Waals surface area contributed by atoms with E-state index in [4.69, 9.17) is 4.74 Å². The zero-order valence-electron chi connectivity index (χ0n) is 11.9. The van der Waals surface area contributed by atoms with Crippen molar-refractivity contribution in [1.29, 1.82) is 0 Å². The van der Waals surface area contributed by atoms with E-state index in [1.807, 2.05) is 0 Å². The second kappa shape index (κ2) is 10.1. The number of rotatable bonds is 6. The number of nitrogens with one attached hydrogen (secondary N) is 1. The number of allylic oxidation sites excluding steroid dienone is 1. The molecule has 0 amide bonds. The summed E-state index contributed by atoms with van der Waals surface area (Å²) in [6.45, 7) is 3.56. The molecule has 0 bridgehead atoms. The molecule has 0 heterocycles. The molecule has 0 aliphatic rings. The number of benzene rings is 1. The monoisotopic (exact) mass is 301 g/mol. The van der Waals surface area contributed by atoms with Gasteiger partial charge < -0.3 is 20.0 Å². The fraction of sp³-hybridized carbons (Fsp3) is 0.286. The summed E-state index contributed by atoms with van der Waals surface area (Å²) in [5.41, 5.74) is 0.954. The molecular formula is C14H16KNO4. The molecule has 1 rings (SSSR count). The normalized spacial score (nSPS) is 12.0. The first-order valence-corrected chi connectivity index (χ1v) is 5.92. The Kier molecular flexibility index (Phi) is 9.78. The Hall–Kier alpha value is -0.664. The van der Waals surface area contributed by atoms with E-state index < -0.39 is 18.0 Å². The molecule has 5 nitrogen and oxygen atoms in total. The molecule has 1 N–H and O–H groups in total. The van der Waals surface area contributed by atoms with Crippen LogP contribution in [-0.4, -0.2) is 18.5 Å². The average molecular weight is 301 g/mol. The van der Waals surface area contributed by atoms with Crippen LogP contribution >= 0.6 is 0 Å². The molecule has 0 aliphatic heterocycles. The molecule has 102 valence electrons. The van der Waals surface area contributed by atoms with Gasteiger partial charge in [-0.15, -0.1) is 0 Å². The van der Waals surface area contributed by atoms with Crippen molar-refractivity contribution >= 4 is 11.9 Å². The smallest absolute Gasteiger partial charge is 0.548 e. The summed E-state index contributed by atoms with van der Waals surface area (Å²) >= 11 is 0. The first-order valence-electron chi connectivity index (χ1n) is 5.92. The predicted octanol–water partition coefficient (Wildman–Crippen LogP) is -2.46. The van der Waals surface area contributed by atoms with E-state index in [0.29, 0.717) is 11.3 Å².